The molecule has 0 aliphatic heterocycles. The molecule has 4 saturated carbocycles. The third-order valence-corrected chi connectivity index (χ3v) is 13.4. The van der Waals surface area contributed by atoms with Gasteiger partial charge in [-0.3, -0.25) is 4.79 Å². The molecule has 0 saturated heterocycles. The van der Waals surface area contributed by atoms with Crippen LogP contribution in [0.1, 0.15) is 99.8 Å². The lowest BCUT2D eigenvalue weighted by Gasteiger charge is -2.72. The maximum Gasteiger partial charge on any atom is 0.312 e. The quantitative estimate of drug-likeness (QED) is 0.405. The van der Waals surface area contributed by atoms with Crippen LogP contribution in [0.4, 0.5) is 0 Å². The predicted octanol–water partition coefficient (Wildman–Crippen LogP) is 6.06. The van der Waals surface area contributed by atoms with Crippen LogP contribution in [-0.4, -0.2) is 33.5 Å². The highest BCUT2D eigenvalue weighted by atomic mass is 16.4. The van der Waals surface area contributed by atoms with Crippen LogP contribution in [0.25, 0.3) is 0 Å². The van der Waals surface area contributed by atoms with Gasteiger partial charge in [0.05, 0.1) is 17.6 Å². The van der Waals surface area contributed by atoms with E-state index in [4.69, 9.17) is 0 Å². The molecule has 3 N–H and O–H groups in total. The van der Waals surface area contributed by atoms with Gasteiger partial charge >= 0.3 is 5.97 Å². The summed E-state index contributed by atoms with van der Waals surface area (Å²) in [6, 6.07) is 0. The molecule has 0 spiro atoms. The van der Waals surface area contributed by atoms with Crippen molar-refractivity contribution in [3.8, 4) is 0 Å². The van der Waals surface area contributed by atoms with Gasteiger partial charge in [0.15, 0.2) is 0 Å². The fourth-order valence-electron chi connectivity index (χ4n) is 10.9. The number of aliphatic hydroxyl groups is 2. The molecule has 5 aliphatic rings. The highest BCUT2D eigenvalue weighted by Crippen LogP contribution is 2.75. The lowest BCUT2D eigenvalue weighted by Crippen LogP contribution is -2.68. The first-order chi connectivity index (χ1) is 15.7. The zero-order chi connectivity index (χ0) is 25.1. The minimum atomic E-state index is -1.16. The second kappa shape index (κ2) is 7.34. The van der Waals surface area contributed by atoms with E-state index in [1.165, 1.54) is 24.8 Å². The molecule has 5 aliphatic carbocycles. The fourth-order valence-corrected chi connectivity index (χ4v) is 10.9. The Balaban J connectivity index is 1.64. The van der Waals surface area contributed by atoms with Crippen molar-refractivity contribution in [3.63, 3.8) is 0 Å². The first-order valence-corrected chi connectivity index (χ1v) is 14.0. The number of aliphatic hydroxyl groups excluding tert-OH is 2. The second-order valence-electron chi connectivity index (χ2n) is 14.6. The first kappa shape index (κ1) is 24.8. The van der Waals surface area contributed by atoms with Gasteiger partial charge in [-0.15, -0.1) is 0 Å². The molecule has 5 rings (SSSR count). The van der Waals surface area contributed by atoms with E-state index in [1.54, 1.807) is 6.92 Å². The summed E-state index contributed by atoms with van der Waals surface area (Å²) in [4.78, 5) is 12.5. The summed E-state index contributed by atoms with van der Waals surface area (Å²) < 4.78 is 0. The van der Waals surface area contributed by atoms with Crippen LogP contribution in [0.3, 0.4) is 0 Å². The lowest BCUT2D eigenvalue weighted by atomic mass is 9.33. The number of fused-ring (bicyclic) bond motifs is 7. The van der Waals surface area contributed by atoms with Gasteiger partial charge in [0.25, 0.3) is 0 Å². The average molecular weight is 473 g/mol. The molecule has 0 bridgehead atoms. The Kier molecular flexibility index (Phi) is 5.36. The third kappa shape index (κ3) is 2.76. The standard InChI is InChI=1S/C30H48O4/c1-17-8-11-26(3)14-15-28(5)19(23(26)18(17)2)16-20(31)24-27(4)12-10-22(32)30(7,25(33)34)21(27)9-13-29(24,28)6/h16-18,20-24,31-32H,8-15H2,1-7H3,(H,33,34)/t17-,18+,20+,21?,22-,23?,24?,26-,27+,28-,29-,30-/m1/s1. The zero-order valence-corrected chi connectivity index (χ0v) is 22.5. The molecule has 0 aromatic rings. The molecule has 0 radical (unpaired) electrons. The highest BCUT2D eigenvalue weighted by Gasteiger charge is 2.71. The number of carboxylic acid groups (broad SMARTS) is 1. The summed E-state index contributed by atoms with van der Waals surface area (Å²) in [7, 11) is 0. The van der Waals surface area contributed by atoms with E-state index in [1.807, 2.05) is 0 Å². The van der Waals surface area contributed by atoms with E-state index in [2.05, 4.69) is 47.6 Å². The number of carboxylic acids is 1. The van der Waals surface area contributed by atoms with Gasteiger partial charge in [0.2, 0.25) is 0 Å². The molecule has 0 aromatic heterocycles. The van der Waals surface area contributed by atoms with Gasteiger partial charge < -0.3 is 15.3 Å². The molecule has 4 nitrogen and oxygen atoms in total. The van der Waals surface area contributed by atoms with Crippen molar-refractivity contribution in [2.24, 2.45) is 56.7 Å². The Hall–Kier alpha value is -0.870. The van der Waals surface area contributed by atoms with Crippen molar-refractivity contribution >= 4 is 5.97 Å². The summed E-state index contributed by atoms with van der Waals surface area (Å²) in [5.74, 6) is 0.836. The topological polar surface area (TPSA) is 77.8 Å². The molecular weight excluding hydrogens is 424 g/mol. The minimum Gasteiger partial charge on any atom is -0.481 e. The van der Waals surface area contributed by atoms with Gasteiger partial charge in [0, 0.05) is 5.92 Å². The lowest BCUT2D eigenvalue weighted by molar-refractivity contribution is -0.233. The number of allylic oxidation sites excluding steroid dienone is 1. The molecule has 0 aromatic carbocycles. The molecule has 0 amide bonds. The van der Waals surface area contributed by atoms with Crippen molar-refractivity contribution in [1.29, 1.82) is 0 Å². The largest absolute Gasteiger partial charge is 0.481 e. The molecule has 192 valence electrons. The Morgan fingerprint density at radius 1 is 0.912 bits per heavy atom. The van der Waals surface area contributed by atoms with Crippen LogP contribution in [-0.2, 0) is 4.79 Å². The Labute approximate surface area is 206 Å². The van der Waals surface area contributed by atoms with E-state index in [9.17, 15) is 20.1 Å². The van der Waals surface area contributed by atoms with Gasteiger partial charge in [-0.05, 0) is 104 Å². The number of aliphatic carboxylic acids is 1. The van der Waals surface area contributed by atoms with Crippen LogP contribution < -0.4 is 0 Å². The van der Waals surface area contributed by atoms with E-state index >= 15 is 0 Å². The van der Waals surface area contributed by atoms with Crippen LogP contribution in [0.5, 0.6) is 0 Å². The van der Waals surface area contributed by atoms with Crippen molar-refractivity contribution < 1.29 is 20.1 Å². The normalized spacial score (nSPS) is 59.1. The zero-order valence-electron chi connectivity index (χ0n) is 22.5. The second-order valence-corrected chi connectivity index (χ2v) is 14.6. The molecule has 3 unspecified atom stereocenters. The molecule has 4 heteroatoms. The fraction of sp³-hybridized carbons (Fsp3) is 0.900. The van der Waals surface area contributed by atoms with E-state index < -0.39 is 23.6 Å². The summed E-state index contributed by atoms with van der Waals surface area (Å²) in [5, 5.41) is 33.1. The maximum atomic E-state index is 12.5. The number of hydrogen-bond acceptors (Lipinski definition) is 3. The molecular formula is C30H48O4. The van der Waals surface area contributed by atoms with Gasteiger partial charge in [0.1, 0.15) is 0 Å². The van der Waals surface area contributed by atoms with Gasteiger partial charge in [-0.25, -0.2) is 0 Å². The summed E-state index contributed by atoms with van der Waals surface area (Å²) in [6.07, 6.45) is 8.88. The monoisotopic (exact) mass is 472 g/mol. The van der Waals surface area contributed by atoms with Crippen LogP contribution in [0, 0.1) is 56.7 Å². The van der Waals surface area contributed by atoms with E-state index in [0.29, 0.717) is 29.6 Å². The van der Waals surface area contributed by atoms with Crippen molar-refractivity contribution in [1.82, 2.24) is 0 Å². The Bertz CT molecular complexity index is 911. The molecule has 34 heavy (non-hydrogen) atoms. The van der Waals surface area contributed by atoms with Crippen LogP contribution in [0.15, 0.2) is 11.6 Å². The summed E-state index contributed by atoms with van der Waals surface area (Å²) in [5.41, 5.74) is 0.317. The Morgan fingerprint density at radius 2 is 1.59 bits per heavy atom. The van der Waals surface area contributed by atoms with Gasteiger partial charge in [-0.1, -0.05) is 53.2 Å². The number of carbonyl (C=O) groups is 1. The maximum absolute atomic E-state index is 12.5. The van der Waals surface area contributed by atoms with E-state index in [-0.39, 0.29) is 28.1 Å². The number of hydrogen-bond donors (Lipinski definition) is 3. The number of rotatable bonds is 1. The first-order valence-electron chi connectivity index (χ1n) is 14.0. The van der Waals surface area contributed by atoms with Crippen LogP contribution >= 0.6 is 0 Å². The Morgan fingerprint density at radius 3 is 2.24 bits per heavy atom. The summed E-state index contributed by atoms with van der Waals surface area (Å²) in [6.45, 7) is 16.3. The predicted molar refractivity (Wildman–Crippen MR) is 134 cm³/mol. The van der Waals surface area contributed by atoms with Gasteiger partial charge in [-0.2, -0.15) is 0 Å². The van der Waals surface area contributed by atoms with E-state index in [0.717, 1.165) is 25.7 Å². The molecule has 12 atom stereocenters. The minimum absolute atomic E-state index is 0.0133. The van der Waals surface area contributed by atoms with Crippen molar-refractivity contribution in [2.75, 3.05) is 0 Å². The van der Waals surface area contributed by atoms with Crippen molar-refractivity contribution in [2.45, 2.75) is 112 Å². The molecule has 4 fully saturated rings. The average Bonchev–Trinajstić information content (AvgIpc) is 2.75. The SMILES string of the molecule is C[C@@H]1CC[C@]2(C)CC[C@]3(C)C(=C[C@H](O)C4[C@@]5(C)CC[C@@H](O)[C@](C)(C(=O)O)C5CC[C@]43C)C2[C@H]1C. The third-order valence-electron chi connectivity index (χ3n) is 13.4. The molecule has 0 heterocycles. The summed E-state index contributed by atoms with van der Waals surface area (Å²) >= 11 is 0. The smallest absolute Gasteiger partial charge is 0.312 e. The van der Waals surface area contributed by atoms with Crippen LogP contribution in [0.2, 0.25) is 0 Å². The van der Waals surface area contributed by atoms with Crippen molar-refractivity contribution in [3.05, 3.63) is 11.6 Å². The highest BCUT2D eigenvalue weighted by molar-refractivity contribution is 5.76.